The maximum Gasteiger partial charge on any atom is 0.0836 e. The zero-order chi connectivity index (χ0) is 13.2. The number of benzene rings is 1. The molecule has 0 N–H and O–H groups in total. The number of halogens is 1. The van der Waals surface area contributed by atoms with Gasteiger partial charge in [0.05, 0.1) is 23.3 Å². The highest BCUT2D eigenvalue weighted by Crippen LogP contribution is 2.25. The number of aromatic nitrogens is 3. The first-order valence-electron chi connectivity index (χ1n) is 5.89. The number of hydrogen-bond donors (Lipinski definition) is 0. The Labute approximate surface area is 116 Å². The van der Waals surface area contributed by atoms with Gasteiger partial charge in [-0.3, -0.25) is 4.98 Å². The highest BCUT2D eigenvalue weighted by molar-refractivity contribution is 6.30. The van der Waals surface area contributed by atoms with Gasteiger partial charge < -0.3 is 0 Å². The SMILES string of the molecule is Cc1[c]c(-c2cccc(Cl)c2)n(-c2cccnc2)n1. The zero-order valence-corrected chi connectivity index (χ0v) is 11.1. The Morgan fingerprint density at radius 2 is 2.11 bits per heavy atom. The van der Waals surface area contributed by atoms with Gasteiger partial charge in [-0.2, -0.15) is 5.10 Å². The Balaban J connectivity index is 2.18. The molecule has 19 heavy (non-hydrogen) atoms. The first kappa shape index (κ1) is 11.9. The summed E-state index contributed by atoms with van der Waals surface area (Å²) in [4.78, 5) is 4.12. The summed E-state index contributed by atoms with van der Waals surface area (Å²) in [6, 6.07) is 14.8. The molecule has 0 aliphatic carbocycles. The fourth-order valence-electron chi connectivity index (χ4n) is 1.95. The Morgan fingerprint density at radius 3 is 2.84 bits per heavy atom. The largest absolute Gasteiger partial charge is 0.262 e. The van der Waals surface area contributed by atoms with E-state index < -0.39 is 0 Å². The molecule has 3 aromatic rings. The number of rotatable bonds is 2. The van der Waals surface area contributed by atoms with Crippen LogP contribution in [0.2, 0.25) is 5.02 Å². The summed E-state index contributed by atoms with van der Waals surface area (Å²) in [5.41, 5.74) is 3.60. The van der Waals surface area contributed by atoms with Gasteiger partial charge >= 0.3 is 0 Å². The fraction of sp³-hybridized carbons (Fsp3) is 0.0667. The molecule has 0 aliphatic heterocycles. The minimum absolute atomic E-state index is 0.697. The van der Waals surface area contributed by atoms with E-state index in [2.05, 4.69) is 16.1 Å². The summed E-state index contributed by atoms with van der Waals surface area (Å²) in [7, 11) is 0. The van der Waals surface area contributed by atoms with E-state index in [4.69, 9.17) is 11.6 Å². The van der Waals surface area contributed by atoms with Gasteiger partial charge in [-0.15, -0.1) is 0 Å². The Hall–Kier alpha value is -2.13. The lowest BCUT2D eigenvalue weighted by Crippen LogP contribution is -1.99. The predicted octanol–water partition coefficient (Wildman–Crippen LogP) is 3.70. The summed E-state index contributed by atoms with van der Waals surface area (Å²) in [5.74, 6) is 0. The van der Waals surface area contributed by atoms with E-state index in [0.717, 1.165) is 22.6 Å². The van der Waals surface area contributed by atoms with Crippen molar-refractivity contribution in [3.8, 4) is 16.9 Å². The molecule has 0 amide bonds. The van der Waals surface area contributed by atoms with Gasteiger partial charge in [-0.1, -0.05) is 23.7 Å². The molecule has 2 heterocycles. The lowest BCUT2D eigenvalue weighted by Gasteiger charge is -2.07. The molecule has 1 aromatic carbocycles. The van der Waals surface area contributed by atoms with Gasteiger partial charge in [-0.25, -0.2) is 4.68 Å². The van der Waals surface area contributed by atoms with Crippen LogP contribution >= 0.6 is 11.6 Å². The van der Waals surface area contributed by atoms with Crippen LogP contribution in [0.3, 0.4) is 0 Å². The van der Waals surface area contributed by atoms with Crippen molar-refractivity contribution in [3.63, 3.8) is 0 Å². The monoisotopic (exact) mass is 268 g/mol. The molecule has 1 radical (unpaired) electrons. The van der Waals surface area contributed by atoms with Crippen LogP contribution in [0.25, 0.3) is 16.9 Å². The molecular formula is C15H11ClN3. The van der Waals surface area contributed by atoms with E-state index in [-0.39, 0.29) is 0 Å². The second kappa shape index (κ2) is 4.86. The van der Waals surface area contributed by atoms with Gasteiger partial charge in [-0.05, 0) is 31.2 Å². The van der Waals surface area contributed by atoms with Crippen LogP contribution in [0.15, 0.2) is 48.8 Å². The summed E-state index contributed by atoms with van der Waals surface area (Å²) in [6.07, 6.45) is 3.51. The molecular weight excluding hydrogens is 258 g/mol. The van der Waals surface area contributed by atoms with E-state index in [1.165, 1.54) is 0 Å². The highest BCUT2D eigenvalue weighted by atomic mass is 35.5. The molecule has 0 unspecified atom stereocenters. The lowest BCUT2D eigenvalue weighted by atomic mass is 10.1. The highest BCUT2D eigenvalue weighted by Gasteiger charge is 2.10. The van der Waals surface area contributed by atoms with Gasteiger partial charge in [0.15, 0.2) is 0 Å². The van der Waals surface area contributed by atoms with Crippen molar-refractivity contribution in [2.75, 3.05) is 0 Å². The first-order chi connectivity index (χ1) is 9.24. The molecule has 93 valence electrons. The third kappa shape index (κ3) is 2.37. The Kier molecular flexibility index (Phi) is 3.05. The van der Waals surface area contributed by atoms with Crippen LogP contribution in [-0.2, 0) is 0 Å². The second-order valence-corrected chi connectivity index (χ2v) is 4.63. The van der Waals surface area contributed by atoms with Crippen LogP contribution in [0.5, 0.6) is 0 Å². The Morgan fingerprint density at radius 1 is 1.21 bits per heavy atom. The minimum Gasteiger partial charge on any atom is -0.262 e. The molecule has 0 saturated carbocycles. The topological polar surface area (TPSA) is 30.7 Å². The van der Waals surface area contributed by atoms with Crippen LogP contribution in [0.4, 0.5) is 0 Å². The normalized spacial score (nSPS) is 10.6. The second-order valence-electron chi connectivity index (χ2n) is 4.19. The first-order valence-corrected chi connectivity index (χ1v) is 6.27. The van der Waals surface area contributed by atoms with Crippen molar-refractivity contribution in [3.05, 3.63) is 65.6 Å². The van der Waals surface area contributed by atoms with Crippen LogP contribution in [0.1, 0.15) is 5.69 Å². The third-order valence-electron chi connectivity index (χ3n) is 2.75. The predicted molar refractivity (Wildman–Crippen MR) is 75.4 cm³/mol. The van der Waals surface area contributed by atoms with E-state index in [0.29, 0.717) is 5.02 Å². The molecule has 3 rings (SSSR count). The summed E-state index contributed by atoms with van der Waals surface area (Å²) < 4.78 is 1.83. The molecule has 0 spiro atoms. The van der Waals surface area contributed by atoms with Crippen molar-refractivity contribution in [2.45, 2.75) is 6.92 Å². The van der Waals surface area contributed by atoms with Gasteiger partial charge in [0.1, 0.15) is 0 Å². The molecule has 0 fully saturated rings. The van der Waals surface area contributed by atoms with Gasteiger partial charge in [0.25, 0.3) is 0 Å². The molecule has 0 saturated heterocycles. The number of hydrogen-bond acceptors (Lipinski definition) is 2. The van der Waals surface area contributed by atoms with Crippen molar-refractivity contribution < 1.29 is 0 Å². The third-order valence-corrected chi connectivity index (χ3v) is 2.98. The van der Waals surface area contributed by atoms with Gasteiger partial charge in [0, 0.05) is 22.8 Å². The molecule has 0 bridgehead atoms. The van der Waals surface area contributed by atoms with E-state index in [1.807, 2.05) is 48.0 Å². The van der Waals surface area contributed by atoms with E-state index in [1.54, 1.807) is 12.4 Å². The molecule has 0 aliphatic rings. The standard InChI is InChI=1S/C15H11ClN3/c1-11-8-15(12-4-2-5-13(16)9-12)19(18-11)14-6-3-7-17-10-14/h2-7,9-10H,1H3. The quantitative estimate of drug-likeness (QED) is 0.710. The zero-order valence-electron chi connectivity index (χ0n) is 10.3. The maximum absolute atomic E-state index is 6.04. The van der Waals surface area contributed by atoms with E-state index in [9.17, 15) is 0 Å². The lowest BCUT2D eigenvalue weighted by molar-refractivity contribution is 0.863. The Bertz CT molecular complexity index is 704. The molecule has 2 aromatic heterocycles. The smallest absolute Gasteiger partial charge is 0.0836 e. The van der Waals surface area contributed by atoms with Crippen molar-refractivity contribution in [1.29, 1.82) is 0 Å². The van der Waals surface area contributed by atoms with Crippen LogP contribution < -0.4 is 0 Å². The molecule has 4 heteroatoms. The fourth-order valence-corrected chi connectivity index (χ4v) is 2.14. The molecule has 3 nitrogen and oxygen atoms in total. The number of pyridine rings is 1. The number of aryl methyl sites for hydroxylation is 1. The molecule has 0 atom stereocenters. The average Bonchev–Trinajstić information content (AvgIpc) is 2.82. The van der Waals surface area contributed by atoms with Crippen molar-refractivity contribution in [2.24, 2.45) is 0 Å². The maximum atomic E-state index is 6.04. The summed E-state index contributed by atoms with van der Waals surface area (Å²) in [6.45, 7) is 1.92. The summed E-state index contributed by atoms with van der Waals surface area (Å²) in [5, 5.41) is 5.16. The van der Waals surface area contributed by atoms with Crippen LogP contribution in [0, 0.1) is 13.0 Å². The van der Waals surface area contributed by atoms with Crippen LogP contribution in [-0.4, -0.2) is 14.8 Å². The van der Waals surface area contributed by atoms with Gasteiger partial charge in [0.2, 0.25) is 0 Å². The van der Waals surface area contributed by atoms with Crippen molar-refractivity contribution in [1.82, 2.24) is 14.8 Å². The van der Waals surface area contributed by atoms with E-state index >= 15 is 0 Å². The minimum atomic E-state index is 0.697. The van der Waals surface area contributed by atoms with Crippen molar-refractivity contribution >= 4 is 11.6 Å². The number of nitrogens with zero attached hydrogens (tertiary/aromatic N) is 3. The average molecular weight is 269 g/mol. The summed E-state index contributed by atoms with van der Waals surface area (Å²) >= 11 is 6.04.